The number of aromatic nitrogens is 4. The largest absolute Gasteiger partial charge is 0.493 e. The summed E-state index contributed by atoms with van der Waals surface area (Å²) in [4.78, 5) is 0. The van der Waals surface area contributed by atoms with E-state index in [0.29, 0.717) is 17.1 Å². The third-order valence-corrected chi connectivity index (χ3v) is 2.75. The van der Waals surface area contributed by atoms with Gasteiger partial charge in [-0.05, 0) is 13.0 Å². The second-order valence-corrected chi connectivity index (χ2v) is 3.96. The summed E-state index contributed by atoms with van der Waals surface area (Å²) in [5, 5.41) is 18.7. The molecule has 2 heterocycles. The number of hydrogen-bond acceptors (Lipinski definition) is 4. The van der Waals surface area contributed by atoms with Crippen molar-refractivity contribution in [1.29, 1.82) is 0 Å². The lowest BCUT2D eigenvalue weighted by Crippen LogP contribution is -2.11. The van der Waals surface area contributed by atoms with Gasteiger partial charge in [-0.1, -0.05) is 0 Å². The quantitative estimate of drug-likeness (QED) is 0.845. The molecule has 0 fully saturated rings. The van der Waals surface area contributed by atoms with E-state index >= 15 is 0 Å². The highest BCUT2D eigenvalue weighted by Gasteiger charge is 2.23. The molecule has 92 valence electrons. The molecule has 1 unspecified atom stereocenters. The Hall–Kier alpha value is -1.82. The Bertz CT molecular complexity index is 530. The van der Waals surface area contributed by atoms with Gasteiger partial charge in [0.2, 0.25) is 0 Å². The highest BCUT2D eigenvalue weighted by atomic mass is 16.5. The molecule has 1 atom stereocenters. The molecule has 17 heavy (non-hydrogen) atoms. The molecule has 0 aromatic carbocycles. The average molecular weight is 236 g/mol. The minimum absolute atomic E-state index is 0.568. The normalized spacial score (nSPS) is 12.8. The molecule has 0 radical (unpaired) electrons. The Morgan fingerprint density at radius 3 is 2.59 bits per heavy atom. The molecule has 0 aliphatic carbocycles. The lowest BCUT2D eigenvalue weighted by molar-refractivity contribution is 0.194. The molecule has 0 bridgehead atoms. The minimum Gasteiger partial charge on any atom is -0.493 e. The summed E-state index contributed by atoms with van der Waals surface area (Å²) >= 11 is 0. The van der Waals surface area contributed by atoms with Crippen LogP contribution >= 0.6 is 0 Å². The Balaban J connectivity index is 2.46. The summed E-state index contributed by atoms with van der Waals surface area (Å²) < 4.78 is 8.44. The third-order valence-electron chi connectivity index (χ3n) is 2.75. The molecule has 2 aromatic heterocycles. The van der Waals surface area contributed by atoms with Crippen molar-refractivity contribution in [1.82, 2.24) is 19.6 Å². The fourth-order valence-electron chi connectivity index (χ4n) is 1.92. The first-order valence-electron chi connectivity index (χ1n) is 5.29. The molecule has 6 nitrogen and oxygen atoms in total. The molecule has 2 aromatic rings. The van der Waals surface area contributed by atoms with E-state index in [0.717, 1.165) is 5.69 Å². The van der Waals surface area contributed by atoms with E-state index in [2.05, 4.69) is 10.2 Å². The number of methoxy groups -OCH3 is 1. The van der Waals surface area contributed by atoms with Gasteiger partial charge in [0.15, 0.2) is 5.75 Å². The molecule has 0 aliphatic rings. The minimum atomic E-state index is -0.802. The fourth-order valence-corrected chi connectivity index (χ4v) is 1.92. The molecule has 0 amide bonds. The van der Waals surface area contributed by atoms with Crippen molar-refractivity contribution in [3.05, 3.63) is 29.3 Å². The van der Waals surface area contributed by atoms with E-state index in [1.165, 1.54) is 0 Å². The van der Waals surface area contributed by atoms with Crippen LogP contribution < -0.4 is 4.74 Å². The molecule has 0 aliphatic heterocycles. The SMILES string of the molecule is COc1cnn(C)c1C(O)c1cc(C)nn1C. The first kappa shape index (κ1) is 11.7. The van der Waals surface area contributed by atoms with Gasteiger partial charge in [0.05, 0.1) is 24.7 Å². The second-order valence-electron chi connectivity index (χ2n) is 3.96. The number of aryl methyl sites for hydroxylation is 3. The lowest BCUT2D eigenvalue weighted by atomic mass is 10.1. The predicted molar refractivity (Wildman–Crippen MR) is 61.8 cm³/mol. The number of ether oxygens (including phenoxy) is 1. The fraction of sp³-hybridized carbons (Fsp3) is 0.455. The van der Waals surface area contributed by atoms with Gasteiger partial charge in [-0.15, -0.1) is 0 Å². The van der Waals surface area contributed by atoms with Crippen molar-refractivity contribution in [2.45, 2.75) is 13.0 Å². The van der Waals surface area contributed by atoms with Crippen LogP contribution in [0.4, 0.5) is 0 Å². The molecule has 0 saturated carbocycles. The van der Waals surface area contributed by atoms with Crippen molar-refractivity contribution in [3.8, 4) is 5.75 Å². The number of nitrogens with zero attached hydrogens (tertiary/aromatic N) is 4. The van der Waals surface area contributed by atoms with Crippen LogP contribution in [0.1, 0.15) is 23.2 Å². The van der Waals surface area contributed by atoms with Crippen LogP contribution in [0.3, 0.4) is 0 Å². The molecule has 1 N–H and O–H groups in total. The number of hydrogen-bond donors (Lipinski definition) is 1. The first-order valence-corrected chi connectivity index (χ1v) is 5.29. The molecule has 0 saturated heterocycles. The zero-order chi connectivity index (χ0) is 12.6. The van der Waals surface area contributed by atoms with Gasteiger partial charge >= 0.3 is 0 Å². The lowest BCUT2D eigenvalue weighted by Gasteiger charge is -2.13. The number of aliphatic hydroxyl groups excluding tert-OH is 1. The maximum Gasteiger partial charge on any atom is 0.163 e. The highest BCUT2D eigenvalue weighted by Crippen LogP contribution is 2.29. The van der Waals surface area contributed by atoms with Gasteiger partial charge in [0.1, 0.15) is 11.8 Å². The van der Waals surface area contributed by atoms with Crippen LogP contribution in [0.2, 0.25) is 0 Å². The smallest absolute Gasteiger partial charge is 0.163 e. The van der Waals surface area contributed by atoms with Crippen molar-refractivity contribution < 1.29 is 9.84 Å². The Labute approximate surface area is 99.4 Å². The zero-order valence-corrected chi connectivity index (χ0v) is 10.4. The van der Waals surface area contributed by atoms with Crippen LogP contribution in [-0.2, 0) is 14.1 Å². The number of rotatable bonds is 3. The van der Waals surface area contributed by atoms with Crippen molar-refractivity contribution in [3.63, 3.8) is 0 Å². The van der Waals surface area contributed by atoms with Gasteiger partial charge in [-0.25, -0.2) is 0 Å². The van der Waals surface area contributed by atoms with E-state index in [1.54, 1.807) is 36.8 Å². The van der Waals surface area contributed by atoms with Crippen LogP contribution in [-0.4, -0.2) is 31.8 Å². The number of aliphatic hydroxyl groups is 1. The summed E-state index contributed by atoms with van der Waals surface area (Å²) in [6.45, 7) is 1.89. The summed E-state index contributed by atoms with van der Waals surface area (Å²) in [7, 11) is 5.13. The third kappa shape index (κ3) is 1.91. The molecule has 0 spiro atoms. The van der Waals surface area contributed by atoms with E-state index < -0.39 is 6.10 Å². The average Bonchev–Trinajstić information content (AvgIpc) is 2.80. The van der Waals surface area contributed by atoms with E-state index in [-0.39, 0.29) is 0 Å². The van der Waals surface area contributed by atoms with Crippen LogP contribution in [0.25, 0.3) is 0 Å². The molecule has 6 heteroatoms. The van der Waals surface area contributed by atoms with Gasteiger partial charge in [0.25, 0.3) is 0 Å². The first-order chi connectivity index (χ1) is 8.04. The summed E-state index contributed by atoms with van der Waals surface area (Å²) in [6, 6.07) is 1.84. The van der Waals surface area contributed by atoms with E-state index in [1.807, 2.05) is 13.0 Å². The second kappa shape index (κ2) is 4.21. The Morgan fingerprint density at radius 2 is 2.06 bits per heavy atom. The van der Waals surface area contributed by atoms with Crippen LogP contribution in [0.5, 0.6) is 5.75 Å². The topological polar surface area (TPSA) is 65.1 Å². The van der Waals surface area contributed by atoms with Gasteiger partial charge in [0, 0.05) is 14.1 Å². The van der Waals surface area contributed by atoms with Crippen LogP contribution in [0, 0.1) is 6.92 Å². The molecule has 2 rings (SSSR count). The van der Waals surface area contributed by atoms with Crippen LogP contribution in [0.15, 0.2) is 12.3 Å². The molecular weight excluding hydrogens is 220 g/mol. The van der Waals surface area contributed by atoms with Gasteiger partial charge in [-0.3, -0.25) is 9.36 Å². The standard InChI is InChI=1S/C11H16N4O2/c1-7-5-8(14(2)13-7)11(16)10-9(17-4)6-12-15(10)3/h5-6,11,16H,1-4H3. The van der Waals surface area contributed by atoms with Crippen molar-refractivity contribution >= 4 is 0 Å². The van der Waals surface area contributed by atoms with Gasteiger partial charge in [-0.2, -0.15) is 10.2 Å². The van der Waals surface area contributed by atoms with Crippen molar-refractivity contribution in [2.75, 3.05) is 7.11 Å². The summed E-state index contributed by atoms with van der Waals surface area (Å²) in [5.74, 6) is 0.568. The van der Waals surface area contributed by atoms with Gasteiger partial charge < -0.3 is 9.84 Å². The maximum absolute atomic E-state index is 10.4. The Morgan fingerprint density at radius 1 is 1.35 bits per heavy atom. The molecular formula is C11H16N4O2. The monoisotopic (exact) mass is 236 g/mol. The maximum atomic E-state index is 10.4. The summed E-state index contributed by atoms with van der Waals surface area (Å²) in [6.07, 6.45) is 0.783. The van der Waals surface area contributed by atoms with E-state index in [4.69, 9.17) is 4.74 Å². The predicted octanol–water partition coefficient (Wildman–Crippen LogP) is 0.552. The van der Waals surface area contributed by atoms with Crippen molar-refractivity contribution in [2.24, 2.45) is 14.1 Å². The Kier molecular flexibility index (Phi) is 2.89. The zero-order valence-electron chi connectivity index (χ0n) is 10.4. The van der Waals surface area contributed by atoms with E-state index in [9.17, 15) is 5.11 Å². The highest BCUT2D eigenvalue weighted by molar-refractivity contribution is 5.32. The summed E-state index contributed by atoms with van der Waals surface area (Å²) in [5.41, 5.74) is 2.20.